The Labute approximate surface area is 108 Å². The molecule has 0 fully saturated rings. The molecule has 0 amide bonds. The molecule has 0 aliphatic heterocycles. The summed E-state index contributed by atoms with van der Waals surface area (Å²) in [5, 5.41) is 0. The maximum atomic E-state index is 11.8. The van der Waals surface area contributed by atoms with Crippen molar-refractivity contribution in [3.8, 4) is 0 Å². The van der Waals surface area contributed by atoms with Crippen LogP contribution in [0.5, 0.6) is 0 Å². The van der Waals surface area contributed by atoms with Crippen molar-refractivity contribution in [1.29, 1.82) is 0 Å². The second-order valence-corrected chi connectivity index (χ2v) is 6.09. The van der Waals surface area contributed by atoms with E-state index in [1.807, 2.05) is 19.9 Å². The van der Waals surface area contributed by atoms with Crippen molar-refractivity contribution in [3.63, 3.8) is 0 Å². The first-order valence-electron chi connectivity index (χ1n) is 5.84. The number of ether oxygens (including phenoxy) is 1. The largest absolute Gasteiger partial charge is 0.378 e. The summed E-state index contributed by atoms with van der Waals surface area (Å²) in [6.45, 7) is 4.30. The number of rotatable bonds is 7. The molecule has 18 heavy (non-hydrogen) atoms. The van der Waals surface area contributed by atoms with Gasteiger partial charge in [-0.15, -0.1) is 0 Å². The van der Waals surface area contributed by atoms with Crippen molar-refractivity contribution < 1.29 is 13.2 Å². The molecule has 0 saturated heterocycles. The lowest BCUT2D eigenvalue weighted by Gasteiger charge is -2.10. The first-order valence-corrected chi connectivity index (χ1v) is 7.49. The van der Waals surface area contributed by atoms with E-state index >= 15 is 0 Å². The molecular weight excluding hydrogens is 252 g/mol. The zero-order valence-corrected chi connectivity index (χ0v) is 11.5. The van der Waals surface area contributed by atoms with Crippen LogP contribution in [0.25, 0.3) is 0 Å². The van der Waals surface area contributed by atoms with Gasteiger partial charge in [0.2, 0.25) is 10.0 Å². The molecule has 3 N–H and O–H groups in total. The Bertz CT molecular complexity index is 472. The van der Waals surface area contributed by atoms with Crippen molar-refractivity contribution in [2.75, 3.05) is 17.1 Å². The Morgan fingerprint density at radius 2 is 2.11 bits per heavy atom. The summed E-state index contributed by atoms with van der Waals surface area (Å²) >= 11 is 0. The van der Waals surface area contributed by atoms with Crippen LogP contribution in [0, 0.1) is 0 Å². The van der Waals surface area contributed by atoms with Gasteiger partial charge in [0.05, 0.1) is 18.5 Å². The number of sulfonamides is 1. The normalized spacial score (nSPS) is 11.8. The predicted octanol–water partition coefficient (Wildman–Crippen LogP) is 1.31. The zero-order valence-electron chi connectivity index (χ0n) is 10.7. The molecule has 0 aliphatic carbocycles. The summed E-state index contributed by atoms with van der Waals surface area (Å²) in [6, 6.07) is 7.03. The Kier molecular flexibility index (Phi) is 5.58. The fourth-order valence-electron chi connectivity index (χ4n) is 1.39. The molecule has 0 radical (unpaired) electrons. The Hall–Kier alpha value is -1.11. The van der Waals surface area contributed by atoms with Gasteiger partial charge in [-0.2, -0.15) is 0 Å². The highest BCUT2D eigenvalue weighted by Gasteiger charge is 2.10. The van der Waals surface area contributed by atoms with Gasteiger partial charge >= 0.3 is 0 Å². The van der Waals surface area contributed by atoms with Gasteiger partial charge in [-0.1, -0.05) is 12.1 Å². The van der Waals surface area contributed by atoms with E-state index in [-0.39, 0.29) is 18.5 Å². The van der Waals surface area contributed by atoms with E-state index in [1.54, 1.807) is 18.2 Å². The van der Waals surface area contributed by atoms with Crippen molar-refractivity contribution in [3.05, 3.63) is 29.8 Å². The zero-order chi connectivity index (χ0) is 13.6. The fourth-order valence-corrected chi connectivity index (χ4v) is 2.29. The smallest absolute Gasteiger partial charge is 0.235 e. The summed E-state index contributed by atoms with van der Waals surface area (Å²) in [5.74, 6) is -0.0575. The molecule has 0 spiro atoms. The molecule has 0 saturated carbocycles. The molecule has 1 aromatic carbocycles. The number of benzene rings is 1. The molecule has 1 rings (SSSR count). The lowest BCUT2D eigenvalue weighted by molar-refractivity contribution is 0.0913. The van der Waals surface area contributed by atoms with Gasteiger partial charge in [-0.05, 0) is 31.5 Å². The number of hydrogen-bond acceptors (Lipinski definition) is 4. The van der Waals surface area contributed by atoms with Gasteiger partial charge < -0.3 is 10.5 Å². The number of nitrogens with two attached hydrogens (primary N) is 1. The second kappa shape index (κ2) is 6.72. The highest BCUT2D eigenvalue weighted by molar-refractivity contribution is 7.92. The monoisotopic (exact) mass is 272 g/mol. The van der Waals surface area contributed by atoms with Gasteiger partial charge in [0.1, 0.15) is 0 Å². The third-order valence-electron chi connectivity index (χ3n) is 2.24. The Morgan fingerprint density at radius 1 is 1.39 bits per heavy atom. The van der Waals surface area contributed by atoms with E-state index in [9.17, 15) is 8.42 Å². The van der Waals surface area contributed by atoms with Crippen molar-refractivity contribution >= 4 is 15.7 Å². The maximum Gasteiger partial charge on any atom is 0.235 e. The predicted molar refractivity (Wildman–Crippen MR) is 72.8 cm³/mol. The van der Waals surface area contributed by atoms with E-state index in [0.29, 0.717) is 12.2 Å². The van der Waals surface area contributed by atoms with Crippen molar-refractivity contribution in [2.24, 2.45) is 5.73 Å². The van der Waals surface area contributed by atoms with Crippen LogP contribution >= 0.6 is 0 Å². The van der Waals surface area contributed by atoms with E-state index in [4.69, 9.17) is 10.5 Å². The number of anilines is 1. The van der Waals surface area contributed by atoms with Gasteiger partial charge in [0.15, 0.2) is 0 Å². The molecule has 0 bridgehead atoms. The van der Waals surface area contributed by atoms with E-state index in [1.165, 1.54) is 0 Å². The van der Waals surface area contributed by atoms with Gasteiger partial charge in [-0.3, -0.25) is 4.72 Å². The molecular formula is C12H20N2O3S. The molecule has 102 valence electrons. The second-order valence-electron chi connectivity index (χ2n) is 4.24. The van der Waals surface area contributed by atoms with Crippen LogP contribution in [0.15, 0.2) is 24.3 Å². The van der Waals surface area contributed by atoms with Crippen LogP contribution in [0.4, 0.5) is 5.69 Å². The summed E-state index contributed by atoms with van der Waals surface area (Å²) in [6.07, 6.45) is 0.0285. The lowest BCUT2D eigenvalue weighted by atomic mass is 10.2. The fraction of sp³-hybridized carbons (Fsp3) is 0.500. The summed E-state index contributed by atoms with van der Waals surface area (Å²) in [5.41, 5.74) is 6.91. The minimum atomic E-state index is -3.37. The van der Waals surface area contributed by atoms with Gasteiger partial charge in [-0.25, -0.2) is 8.42 Å². The molecule has 1 aromatic rings. The summed E-state index contributed by atoms with van der Waals surface area (Å²) < 4.78 is 31.2. The molecule has 0 aromatic heterocycles. The average Bonchev–Trinajstić information content (AvgIpc) is 2.27. The quantitative estimate of drug-likeness (QED) is 0.784. The Morgan fingerprint density at radius 3 is 2.72 bits per heavy atom. The Balaban J connectivity index is 2.59. The molecule has 0 aliphatic rings. The SMILES string of the molecule is CC(C)OCCS(=O)(=O)Nc1cccc(CN)c1. The van der Waals surface area contributed by atoms with Crippen LogP contribution < -0.4 is 10.5 Å². The van der Waals surface area contributed by atoms with Crippen LogP contribution in [0.1, 0.15) is 19.4 Å². The molecule has 0 heterocycles. The van der Waals surface area contributed by atoms with Crippen molar-refractivity contribution in [2.45, 2.75) is 26.5 Å². The summed E-state index contributed by atoms with van der Waals surface area (Å²) in [7, 11) is -3.37. The highest BCUT2D eigenvalue weighted by Crippen LogP contribution is 2.12. The van der Waals surface area contributed by atoms with E-state index in [2.05, 4.69) is 4.72 Å². The minimum absolute atomic E-state index is 0.0285. The van der Waals surface area contributed by atoms with Crippen LogP contribution in [0.2, 0.25) is 0 Å². The van der Waals surface area contributed by atoms with Crippen LogP contribution in [-0.4, -0.2) is 26.9 Å². The first kappa shape index (κ1) is 14.9. The van der Waals surface area contributed by atoms with Crippen LogP contribution in [0.3, 0.4) is 0 Å². The van der Waals surface area contributed by atoms with Gasteiger partial charge in [0, 0.05) is 12.2 Å². The number of hydrogen-bond donors (Lipinski definition) is 2. The van der Waals surface area contributed by atoms with E-state index < -0.39 is 10.0 Å². The van der Waals surface area contributed by atoms with Gasteiger partial charge in [0.25, 0.3) is 0 Å². The van der Waals surface area contributed by atoms with Crippen LogP contribution in [-0.2, 0) is 21.3 Å². The average molecular weight is 272 g/mol. The lowest BCUT2D eigenvalue weighted by Crippen LogP contribution is -2.21. The minimum Gasteiger partial charge on any atom is -0.378 e. The number of nitrogens with one attached hydrogen (secondary N) is 1. The van der Waals surface area contributed by atoms with Crippen molar-refractivity contribution in [1.82, 2.24) is 0 Å². The topological polar surface area (TPSA) is 81.4 Å². The molecule has 0 atom stereocenters. The molecule has 5 nitrogen and oxygen atoms in total. The maximum absolute atomic E-state index is 11.8. The third kappa shape index (κ3) is 5.48. The third-order valence-corrected chi connectivity index (χ3v) is 3.49. The molecule has 6 heteroatoms. The first-order chi connectivity index (χ1) is 8.43. The highest BCUT2D eigenvalue weighted by atomic mass is 32.2. The van der Waals surface area contributed by atoms with E-state index in [0.717, 1.165) is 5.56 Å². The molecule has 0 unspecified atom stereocenters. The summed E-state index contributed by atoms with van der Waals surface area (Å²) in [4.78, 5) is 0. The standard InChI is InChI=1S/C12H20N2O3S/c1-10(2)17-6-7-18(15,16)14-12-5-3-4-11(8-12)9-13/h3-5,8,10,14H,6-7,9,13H2,1-2H3.